The number of nitrogens with one attached hydrogen (secondary N) is 1. The maximum atomic E-state index is 12.9. The van der Waals surface area contributed by atoms with Gasteiger partial charge in [0.2, 0.25) is 5.91 Å². The van der Waals surface area contributed by atoms with Crippen LogP contribution in [0.5, 0.6) is 0 Å². The number of hydrogen-bond acceptors (Lipinski definition) is 6. The van der Waals surface area contributed by atoms with Gasteiger partial charge in [-0.2, -0.15) is 13.2 Å². The first-order chi connectivity index (χ1) is 15.4. The number of furan rings is 1. The minimum Gasteiger partial charge on any atom is -0.467 e. The summed E-state index contributed by atoms with van der Waals surface area (Å²) in [5.74, 6) is 0.685. The molecule has 1 N–H and O–H groups in total. The molecule has 0 unspecified atom stereocenters. The Hall–Kier alpha value is -3.60. The Kier molecular flexibility index (Phi) is 6.26. The zero-order valence-corrected chi connectivity index (χ0v) is 17.2. The summed E-state index contributed by atoms with van der Waals surface area (Å²) < 4.78 is 45.8. The lowest BCUT2D eigenvalue weighted by Crippen LogP contribution is -2.15. The molecule has 1 amide bonds. The number of pyridine rings is 1. The zero-order chi connectivity index (χ0) is 22.6. The van der Waals surface area contributed by atoms with Crippen molar-refractivity contribution in [2.75, 3.05) is 11.1 Å². The van der Waals surface area contributed by atoms with Gasteiger partial charge in [0.25, 0.3) is 0 Å². The number of rotatable bonds is 7. The van der Waals surface area contributed by atoms with Crippen LogP contribution in [0.25, 0.3) is 11.4 Å². The van der Waals surface area contributed by atoms with Gasteiger partial charge < -0.3 is 9.73 Å². The molecule has 0 atom stereocenters. The predicted octanol–water partition coefficient (Wildman–Crippen LogP) is 4.73. The summed E-state index contributed by atoms with van der Waals surface area (Å²) in [6.07, 6.45) is 0.362. The maximum absolute atomic E-state index is 12.9. The highest BCUT2D eigenvalue weighted by molar-refractivity contribution is 7.99. The molecule has 11 heteroatoms. The number of halogens is 3. The van der Waals surface area contributed by atoms with Crippen LogP contribution in [0.1, 0.15) is 11.3 Å². The molecule has 0 radical (unpaired) electrons. The van der Waals surface area contributed by atoms with E-state index in [4.69, 9.17) is 4.42 Å². The van der Waals surface area contributed by atoms with E-state index < -0.39 is 17.6 Å². The standard InChI is InChI=1S/C21H16F3N5O2S/c22-21(23,24)15-5-1-6-16(10-15)26-18(30)13-32-20-28-27-19(14-4-2-8-25-11-14)29(20)12-17-7-3-9-31-17/h1-11H,12-13H2,(H,26,30). The van der Waals surface area contributed by atoms with Gasteiger partial charge >= 0.3 is 6.18 Å². The van der Waals surface area contributed by atoms with E-state index in [1.165, 1.54) is 12.1 Å². The van der Waals surface area contributed by atoms with Crippen LogP contribution in [0.2, 0.25) is 0 Å². The normalized spacial score (nSPS) is 11.5. The van der Waals surface area contributed by atoms with E-state index in [1.54, 1.807) is 35.4 Å². The first-order valence-electron chi connectivity index (χ1n) is 9.36. The highest BCUT2D eigenvalue weighted by Gasteiger charge is 2.30. The number of aromatic nitrogens is 4. The quantitative estimate of drug-likeness (QED) is 0.402. The topological polar surface area (TPSA) is 85.8 Å². The van der Waals surface area contributed by atoms with Crippen molar-refractivity contribution in [1.82, 2.24) is 19.7 Å². The molecule has 0 saturated heterocycles. The number of amides is 1. The van der Waals surface area contributed by atoms with Crippen LogP contribution in [-0.2, 0) is 17.5 Å². The van der Waals surface area contributed by atoms with Crippen LogP contribution in [0.4, 0.5) is 18.9 Å². The molecular formula is C21H16F3N5O2S. The van der Waals surface area contributed by atoms with Gasteiger partial charge in [-0.15, -0.1) is 10.2 Å². The van der Waals surface area contributed by atoms with E-state index in [-0.39, 0.29) is 11.4 Å². The van der Waals surface area contributed by atoms with Crippen molar-refractivity contribution in [3.05, 3.63) is 78.5 Å². The molecule has 4 rings (SSSR count). The molecule has 0 aliphatic heterocycles. The first-order valence-corrected chi connectivity index (χ1v) is 10.3. The predicted molar refractivity (Wildman–Crippen MR) is 112 cm³/mol. The number of carbonyl (C=O) groups excluding carboxylic acids is 1. The molecule has 3 aromatic heterocycles. The van der Waals surface area contributed by atoms with Crippen LogP contribution >= 0.6 is 11.8 Å². The van der Waals surface area contributed by atoms with E-state index in [0.29, 0.717) is 23.3 Å². The molecular weight excluding hydrogens is 443 g/mol. The molecule has 0 spiro atoms. The summed E-state index contributed by atoms with van der Waals surface area (Å²) in [6, 6.07) is 11.7. The lowest BCUT2D eigenvalue weighted by molar-refractivity contribution is -0.137. The van der Waals surface area contributed by atoms with Crippen LogP contribution < -0.4 is 5.32 Å². The average Bonchev–Trinajstić information content (AvgIpc) is 3.43. The largest absolute Gasteiger partial charge is 0.467 e. The lowest BCUT2D eigenvalue weighted by Gasteiger charge is -2.10. The molecule has 1 aromatic carbocycles. The molecule has 164 valence electrons. The van der Waals surface area contributed by atoms with Gasteiger partial charge in [-0.05, 0) is 42.5 Å². The fourth-order valence-electron chi connectivity index (χ4n) is 2.91. The summed E-state index contributed by atoms with van der Waals surface area (Å²) in [4.78, 5) is 16.5. The minimum absolute atomic E-state index is 0.0681. The second-order valence-electron chi connectivity index (χ2n) is 6.63. The molecule has 0 bridgehead atoms. The molecule has 0 saturated carbocycles. The van der Waals surface area contributed by atoms with Crippen molar-refractivity contribution < 1.29 is 22.4 Å². The van der Waals surface area contributed by atoms with Crippen molar-refractivity contribution in [2.24, 2.45) is 0 Å². The third-order valence-corrected chi connectivity index (χ3v) is 5.30. The van der Waals surface area contributed by atoms with E-state index in [9.17, 15) is 18.0 Å². The SMILES string of the molecule is O=C(CSc1nnc(-c2cccnc2)n1Cc1ccco1)Nc1cccc(C(F)(F)F)c1. The Morgan fingerprint density at radius 3 is 2.72 bits per heavy atom. The monoisotopic (exact) mass is 459 g/mol. The minimum atomic E-state index is -4.49. The number of hydrogen-bond donors (Lipinski definition) is 1. The van der Waals surface area contributed by atoms with Gasteiger partial charge in [0, 0.05) is 23.6 Å². The summed E-state index contributed by atoms with van der Waals surface area (Å²) in [5.41, 5.74) is -0.0207. The van der Waals surface area contributed by atoms with Crippen molar-refractivity contribution >= 4 is 23.4 Å². The summed E-state index contributed by atoms with van der Waals surface area (Å²) in [7, 11) is 0. The highest BCUT2D eigenvalue weighted by Crippen LogP contribution is 2.31. The number of benzene rings is 1. The first kappa shape index (κ1) is 21.6. The average molecular weight is 459 g/mol. The van der Waals surface area contributed by atoms with Crippen molar-refractivity contribution in [2.45, 2.75) is 17.9 Å². The third kappa shape index (κ3) is 5.17. The Bertz CT molecular complexity index is 1190. The van der Waals surface area contributed by atoms with E-state index in [2.05, 4.69) is 20.5 Å². The summed E-state index contributed by atoms with van der Waals surface area (Å²) in [5, 5.41) is 11.3. The van der Waals surface area contributed by atoms with Gasteiger partial charge in [0.1, 0.15) is 5.76 Å². The zero-order valence-electron chi connectivity index (χ0n) is 16.4. The van der Waals surface area contributed by atoms with E-state index >= 15 is 0 Å². The van der Waals surface area contributed by atoms with Crippen LogP contribution in [-0.4, -0.2) is 31.4 Å². The molecule has 0 fully saturated rings. The fourth-order valence-corrected chi connectivity index (χ4v) is 3.64. The van der Waals surface area contributed by atoms with Crippen molar-refractivity contribution in [3.8, 4) is 11.4 Å². The molecule has 3 heterocycles. The van der Waals surface area contributed by atoms with Gasteiger partial charge in [-0.25, -0.2) is 0 Å². The Morgan fingerprint density at radius 2 is 2.00 bits per heavy atom. The summed E-state index contributed by atoms with van der Waals surface area (Å²) >= 11 is 1.11. The molecule has 0 aliphatic rings. The fraction of sp³-hybridized carbons (Fsp3) is 0.143. The number of anilines is 1. The molecule has 7 nitrogen and oxygen atoms in total. The van der Waals surface area contributed by atoms with Gasteiger partial charge in [-0.3, -0.25) is 14.3 Å². The number of nitrogens with zero attached hydrogens (tertiary/aromatic N) is 4. The van der Waals surface area contributed by atoms with E-state index in [0.717, 1.165) is 29.5 Å². The molecule has 4 aromatic rings. The molecule has 32 heavy (non-hydrogen) atoms. The Morgan fingerprint density at radius 1 is 1.12 bits per heavy atom. The second kappa shape index (κ2) is 9.27. The number of thioether (sulfide) groups is 1. The summed E-state index contributed by atoms with van der Waals surface area (Å²) in [6.45, 7) is 0.335. The highest BCUT2D eigenvalue weighted by atomic mass is 32.2. The van der Waals surface area contributed by atoms with Crippen LogP contribution in [0.15, 0.2) is 76.8 Å². The number of alkyl halides is 3. The van der Waals surface area contributed by atoms with E-state index in [1.807, 2.05) is 12.1 Å². The number of carbonyl (C=O) groups is 1. The van der Waals surface area contributed by atoms with Crippen LogP contribution in [0, 0.1) is 0 Å². The lowest BCUT2D eigenvalue weighted by atomic mass is 10.2. The third-order valence-electron chi connectivity index (χ3n) is 4.34. The molecule has 0 aliphatic carbocycles. The Labute approximate surface area is 184 Å². The van der Waals surface area contributed by atoms with Crippen molar-refractivity contribution in [3.63, 3.8) is 0 Å². The maximum Gasteiger partial charge on any atom is 0.416 e. The van der Waals surface area contributed by atoms with Gasteiger partial charge in [0.05, 0.1) is 24.1 Å². The second-order valence-corrected chi connectivity index (χ2v) is 7.57. The van der Waals surface area contributed by atoms with Gasteiger partial charge in [-0.1, -0.05) is 17.8 Å². The Balaban J connectivity index is 1.49. The smallest absolute Gasteiger partial charge is 0.416 e. The van der Waals surface area contributed by atoms with Crippen LogP contribution in [0.3, 0.4) is 0 Å². The van der Waals surface area contributed by atoms with Gasteiger partial charge in [0.15, 0.2) is 11.0 Å². The van der Waals surface area contributed by atoms with Crippen molar-refractivity contribution in [1.29, 1.82) is 0 Å².